The summed E-state index contributed by atoms with van der Waals surface area (Å²) in [6.45, 7) is 2.70. The number of aromatic nitrogens is 3. The molecule has 6 nitrogen and oxygen atoms in total. The summed E-state index contributed by atoms with van der Waals surface area (Å²) < 4.78 is 2.00. The molecule has 0 radical (unpaired) electrons. The third-order valence-electron chi connectivity index (χ3n) is 7.05. The number of benzene rings is 2. The molecule has 3 heterocycles. The van der Waals surface area contributed by atoms with Crippen molar-refractivity contribution in [1.29, 1.82) is 5.26 Å². The molecular weight excluding hydrogens is 410 g/mol. The van der Waals surface area contributed by atoms with Gasteiger partial charge in [-0.1, -0.05) is 48.5 Å². The Labute approximate surface area is 192 Å². The second-order valence-corrected chi connectivity index (χ2v) is 9.55. The number of hydrogen-bond acceptors (Lipinski definition) is 5. The Morgan fingerprint density at radius 3 is 2.64 bits per heavy atom. The molecule has 6 heteroatoms. The standard InChI is InChI=1S/C27H25N5O/c1-27(33)14-20(15-27)24-11-12-29-26-21(16-28)25(31-32(24)26)19-8-7-18-9-10-22(30-23(18)13-19)17-5-3-2-4-6-17/h2-10,13,20,24,29,33H,11-12,14-15H2,1H3. The van der Waals surface area contributed by atoms with Gasteiger partial charge < -0.3 is 10.4 Å². The van der Waals surface area contributed by atoms with Crippen molar-refractivity contribution in [2.75, 3.05) is 11.9 Å². The molecule has 1 aliphatic heterocycles. The van der Waals surface area contributed by atoms with Crippen LogP contribution < -0.4 is 5.32 Å². The molecule has 2 aromatic heterocycles. The number of nitriles is 1. The first-order valence-corrected chi connectivity index (χ1v) is 11.5. The fourth-order valence-electron chi connectivity index (χ4n) is 5.42. The number of anilines is 1. The van der Waals surface area contributed by atoms with Crippen LogP contribution in [0.25, 0.3) is 33.4 Å². The van der Waals surface area contributed by atoms with Crippen LogP contribution in [0.2, 0.25) is 0 Å². The summed E-state index contributed by atoms with van der Waals surface area (Å²) in [6.07, 6.45) is 2.49. The molecule has 2 aromatic carbocycles. The Balaban J connectivity index is 1.42. The van der Waals surface area contributed by atoms with Crippen molar-refractivity contribution in [3.8, 4) is 28.6 Å². The predicted molar refractivity (Wildman–Crippen MR) is 129 cm³/mol. The molecule has 1 fully saturated rings. The lowest BCUT2D eigenvalue weighted by molar-refractivity contribution is -0.0760. The van der Waals surface area contributed by atoms with Gasteiger partial charge in [-0.2, -0.15) is 10.4 Å². The molecule has 33 heavy (non-hydrogen) atoms. The number of rotatable bonds is 3. The molecule has 1 aliphatic carbocycles. The third kappa shape index (κ3) is 3.37. The van der Waals surface area contributed by atoms with E-state index in [9.17, 15) is 10.4 Å². The van der Waals surface area contributed by atoms with E-state index in [0.29, 0.717) is 17.2 Å². The minimum absolute atomic E-state index is 0.200. The number of pyridine rings is 1. The molecule has 0 amide bonds. The van der Waals surface area contributed by atoms with Gasteiger partial charge in [0.2, 0.25) is 0 Å². The van der Waals surface area contributed by atoms with Crippen molar-refractivity contribution in [1.82, 2.24) is 14.8 Å². The largest absolute Gasteiger partial charge is 0.390 e. The zero-order valence-corrected chi connectivity index (χ0v) is 18.5. The lowest BCUT2D eigenvalue weighted by atomic mass is 9.68. The SMILES string of the molecule is CC1(O)CC(C2CCNc3c(C#N)c(-c4ccc5ccc(-c6ccccc6)nc5c4)nn32)C1. The highest BCUT2D eigenvalue weighted by Crippen LogP contribution is 2.47. The van der Waals surface area contributed by atoms with E-state index in [1.807, 2.05) is 54.1 Å². The lowest BCUT2D eigenvalue weighted by Crippen LogP contribution is -2.46. The molecule has 4 aromatic rings. The molecule has 1 atom stereocenters. The maximum absolute atomic E-state index is 10.2. The van der Waals surface area contributed by atoms with Crippen molar-refractivity contribution in [2.45, 2.75) is 37.8 Å². The minimum Gasteiger partial charge on any atom is -0.390 e. The van der Waals surface area contributed by atoms with Gasteiger partial charge in [0.1, 0.15) is 23.1 Å². The average molecular weight is 436 g/mol. The van der Waals surface area contributed by atoms with Crippen LogP contribution in [0.3, 0.4) is 0 Å². The van der Waals surface area contributed by atoms with Crippen molar-refractivity contribution in [2.24, 2.45) is 5.92 Å². The lowest BCUT2D eigenvalue weighted by Gasteiger charge is -2.46. The highest BCUT2D eigenvalue weighted by Gasteiger charge is 2.45. The molecule has 1 saturated carbocycles. The number of fused-ring (bicyclic) bond motifs is 2. The quantitative estimate of drug-likeness (QED) is 0.464. The van der Waals surface area contributed by atoms with Gasteiger partial charge in [-0.3, -0.25) is 0 Å². The Hall–Kier alpha value is -3.69. The molecule has 0 spiro atoms. The van der Waals surface area contributed by atoms with Gasteiger partial charge in [0, 0.05) is 23.1 Å². The summed E-state index contributed by atoms with van der Waals surface area (Å²) in [6, 6.07) is 22.9. The molecule has 2 aliphatic rings. The topological polar surface area (TPSA) is 86.8 Å². The van der Waals surface area contributed by atoms with Crippen LogP contribution in [0.4, 0.5) is 5.82 Å². The first-order valence-electron chi connectivity index (χ1n) is 11.5. The van der Waals surface area contributed by atoms with Crippen LogP contribution in [0.1, 0.15) is 37.8 Å². The van der Waals surface area contributed by atoms with Crippen molar-refractivity contribution < 1.29 is 5.11 Å². The first-order chi connectivity index (χ1) is 16.0. The van der Waals surface area contributed by atoms with E-state index in [4.69, 9.17) is 10.1 Å². The average Bonchev–Trinajstić information content (AvgIpc) is 3.21. The number of aliphatic hydroxyl groups is 1. The van der Waals surface area contributed by atoms with Crippen LogP contribution in [0, 0.1) is 17.2 Å². The summed E-state index contributed by atoms with van der Waals surface area (Å²) in [5.74, 6) is 1.17. The van der Waals surface area contributed by atoms with Gasteiger partial charge in [0.15, 0.2) is 0 Å². The summed E-state index contributed by atoms with van der Waals surface area (Å²) in [5, 5.41) is 29.6. The number of nitrogens with zero attached hydrogens (tertiary/aromatic N) is 4. The second-order valence-electron chi connectivity index (χ2n) is 9.55. The highest BCUT2D eigenvalue weighted by atomic mass is 16.3. The van der Waals surface area contributed by atoms with Gasteiger partial charge in [-0.25, -0.2) is 9.67 Å². The molecule has 0 bridgehead atoms. The van der Waals surface area contributed by atoms with Crippen molar-refractivity contribution in [3.63, 3.8) is 0 Å². The minimum atomic E-state index is -0.579. The highest BCUT2D eigenvalue weighted by molar-refractivity contribution is 5.87. The van der Waals surface area contributed by atoms with Gasteiger partial charge in [0.25, 0.3) is 0 Å². The molecule has 2 N–H and O–H groups in total. The fraction of sp³-hybridized carbons (Fsp3) is 0.296. The summed E-state index contributed by atoms with van der Waals surface area (Å²) in [7, 11) is 0. The van der Waals surface area contributed by atoms with Crippen molar-refractivity contribution >= 4 is 16.7 Å². The molecule has 1 unspecified atom stereocenters. The van der Waals surface area contributed by atoms with E-state index in [-0.39, 0.29) is 6.04 Å². The molecule has 164 valence electrons. The Morgan fingerprint density at radius 2 is 1.88 bits per heavy atom. The summed E-state index contributed by atoms with van der Waals surface area (Å²) in [5.41, 5.74) is 4.44. The third-order valence-corrected chi connectivity index (χ3v) is 7.05. The van der Waals surface area contributed by atoms with E-state index in [1.54, 1.807) is 0 Å². The summed E-state index contributed by atoms with van der Waals surface area (Å²) >= 11 is 0. The van der Waals surface area contributed by atoms with Crippen LogP contribution in [-0.2, 0) is 0 Å². The Morgan fingerprint density at radius 1 is 1.09 bits per heavy atom. The number of nitrogens with one attached hydrogen (secondary N) is 1. The van der Waals surface area contributed by atoms with Gasteiger partial charge >= 0.3 is 0 Å². The maximum atomic E-state index is 10.2. The maximum Gasteiger partial charge on any atom is 0.143 e. The van der Waals surface area contributed by atoms with Crippen molar-refractivity contribution in [3.05, 3.63) is 66.2 Å². The van der Waals surface area contributed by atoms with E-state index in [1.165, 1.54) is 0 Å². The normalized spacial score (nSPS) is 23.9. The van der Waals surface area contributed by atoms with Crippen LogP contribution in [0.5, 0.6) is 0 Å². The van der Waals surface area contributed by atoms with E-state index in [0.717, 1.165) is 59.3 Å². The van der Waals surface area contributed by atoms with E-state index < -0.39 is 5.60 Å². The monoisotopic (exact) mass is 435 g/mol. The Kier molecular flexibility index (Phi) is 4.49. The Bertz CT molecular complexity index is 1390. The van der Waals surface area contributed by atoms with E-state index >= 15 is 0 Å². The zero-order chi connectivity index (χ0) is 22.6. The van der Waals surface area contributed by atoms with E-state index in [2.05, 4.69) is 29.6 Å². The second kappa shape index (κ2) is 7.43. The van der Waals surface area contributed by atoms with Gasteiger partial charge in [-0.15, -0.1) is 0 Å². The fourth-order valence-corrected chi connectivity index (χ4v) is 5.42. The summed E-state index contributed by atoms with van der Waals surface area (Å²) in [4.78, 5) is 4.89. The molecule has 6 rings (SSSR count). The zero-order valence-electron chi connectivity index (χ0n) is 18.5. The van der Waals surface area contributed by atoms with Crippen LogP contribution in [-0.4, -0.2) is 32.0 Å². The van der Waals surface area contributed by atoms with Gasteiger partial charge in [-0.05, 0) is 44.2 Å². The van der Waals surface area contributed by atoms with Gasteiger partial charge in [0.05, 0.1) is 22.9 Å². The molecule has 0 saturated heterocycles. The van der Waals surface area contributed by atoms with Crippen LogP contribution >= 0.6 is 0 Å². The molecular formula is C27H25N5O. The number of hydrogen-bond donors (Lipinski definition) is 2. The first kappa shape index (κ1) is 20.0. The smallest absolute Gasteiger partial charge is 0.143 e. The predicted octanol–water partition coefficient (Wildman–Crippen LogP) is 5.15. The van der Waals surface area contributed by atoms with Crippen LogP contribution in [0.15, 0.2) is 60.7 Å².